The first-order valence-corrected chi connectivity index (χ1v) is 5.84. The van der Waals surface area contributed by atoms with Gasteiger partial charge in [0.1, 0.15) is 0 Å². The quantitative estimate of drug-likeness (QED) is 0.643. The van der Waals surface area contributed by atoms with Gasteiger partial charge in [0.25, 0.3) is 0 Å². The Balaban J connectivity index is 2.36. The maximum absolute atomic E-state index is 11.6. The van der Waals surface area contributed by atoms with E-state index in [1.165, 1.54) is 7.11 Å². The van der Waals surface area contributed by atoms with Gasteiger partial charge in [-0.2, -0.15) is 0 Å². The third-order valence-corrected chi connectivity index (χ3v) is 3.26. The molecule has 2 atom stereocenters. The second kappa shape index (κ2) is 4.45. The molecular formula is C12H15ClN2O2. The summed E-state index contributed by atoms with van der Waals surface area (Å²) < 4.78 is 4.72. The number of carbonyl (C=O) groups is 1. The first kappa shape index (κ1) is 12.0. The molecule has 0 heterocycles. The fourth-order valence-corrected chi connectivity index (χ4v) is 2.04. The number of nitrogens with one attached hydrogen (secondary N) is 1. The van der Waals surface area contributed by atoms with Crippen LogP contribution < -0.4 is 11.1 Å². The number of anilines is 2. The van der Waals surface area contributed by atoms with Gasteiger partial charge in [0, 0.05) is 11.7 Å². The third-order valence-electron chi connectivity index (χ3n) is 2.96. The van der Waals surface area contributed by atoms with E-state index in [1.807, 2.05) is 0 Å². The summed E-state index contributed by atoms with van der Waals surface area (Å²) >= 11 is 6.11. The van der Waals surface area contributed by atoms with Crippen LogP contribution in [0.15, 0.2) is 12.1 Å². The lowest BCUT2D eigenvalue weighted by Gasteiger charge is -2.13. The Morgan fingerprint density at radius 2 is 2.24 bits per heavy atom. The first-order valence-electron chi connectivity index (χ1n) is 5.46. The van der Waals surface area contributed by atoms with E-state index in [4.69, 9.17) is 22.1 Å². The molecule has 1 aliphatic carbocycles. The van der Waals surface area contributed by atoms with Crippen LogP contribution in [0.4, 0.5) is 11.4 Å². The standard InChI is InChI=1S/C12H15ClN2O2/c1-6-3-10(6)15-11-8(12(16)17-2)4-7(14)5-9(11)13/h4-6,10,15H,3,14H2,1-2H3. The third kappa shape index (κ3) is 2.47. The van der Waals surface area contributed by atoms with Gasteiger partial charge in [-0.1, -0.05) is 18.5 Å². The molecule has 1 aliphatic rings. The summed E-state index contributed by atoms with van der Waals surface area (Å²) in [5, 5.41) is 3.71. The second-order valence-electron chi connectivity index (χ2n) is 4.38. The van der Waals surface area contributed by atoms with Gasteiger partial charge in [0.15, 0.2) is 0 Å². The Kier molecular flexibility index (Phi) is 3.15. The van der Waals surface area contributed by atoms with Gasteiger partial charge >= 0.3 is 5.97 Å². The molecular weight excluding hydrogens is 240 g/mol. The highest BCUT2D eigenvalue weighted by molar-refractivity contribution is 6.34. The van der Waals surface area contributed by atoms with Crippen molar-refractivity contribution < 1.29 is 9.53 Å². The number of benzene rings is 1. The lowest BCUT2D eigenvalue weighted by Crippen LogP contribution is -2.12. The average Bonchev–Trinajstić information content (AvgIpc) is 2.97. The molecule has 4 nitrogen and oxygen atoms in total. The number of rotatable bonds is 3. The van der Waals surface area contributed by atoms with Crippen LogP contribution in [-0.2, 0) is 4.74 Å². The first-order chi connectivity index (χ1) is 8.02. The van der Waals surface area contributed by atoms with E-state index in [2.05, 4.69) is 12.2 Å². The fraction of sp³-hybridized carbons (Fsp3) is 0.417. The minimum atomic E-state index is -0.435. The number of carbonyl (C=O) groups excluding carboxylic acids is 1. The summed E-state index contributed by atoms with van der Waals surface area (Å²) in [6.07, 6.45) is 1.08. The van der Waals surface area contributed by atoms with Crippen molar-refractivity contribution >= 4 is 28.9 Å². The summed E-state index contributed by atoms with van der Waals surface area (Å²) in [5.74, 6) is 0.170. The highest BCUT2D eigenvalue weighted by Crippen LogP contribution is 2.37. The Labute approximate surface area is 105 Å². The highest BCUT2D eigenvalue weighted by atomic mass is 35.5. The maximum atomic E-state index is 11.6. The molecule has 1 fully saturated rings. The van der Waals surface area contributed by atoms with Crippen molar-refractivity contribution in [2.75, 3.05) is 18.2 Å². The van der Waals surface area contributed by atoms with Crippen molar-refractivity contribution in [3.63, 3.8) is 0 Å². The van der Waals surface area contributed by atoms with Crippen LogP contribution in [-0.4, -0.2) is 19.1 Å². The molecule has 0 saturated heterocycles. The number of esters is 1. The molecule has 0 spiro atoms. The number of nitrogen functional groups attached to an aromatic ring is 1. The molecule has 1 saturated carbocycles. The second-order valence-corrected chi connectivity index (χ2v) is 4.79. The van der Waals surface area contributed by atoms with E-state index >= 15 is 0 Å². The zero-order valence-corrected chi connectivity index (χ0v) is 10.5. The SMILES string of the molecule is COC(=O)c1cc(N)cc(Cl)c1NC1CC1C. The topological polar surface area (TPSA) is 64.3 Å². The predicted molar refractivity (Wildman–Crippen MR) is 68.4 cm³/mol. The molecule has 0 aliphatic heterocycles. The summed E-state index contributed by atoms with van der Waals surface area (Å²) in [6.45, 7) is 2.14. The van der Waals surface area contributed by atoms with Gasteiger partial charge in [-0.15, -0.1) is 0 Å². The molecule has 0 bridgehead atoms. The van der Waals surface area contributed by atoms with Crippen LogP contribution in [0.5, 0.6) is 0 Å². The highest BCUT2D eigenvalue weighted by Gasteiger charge is 2.34. The molecule has 0 aromatic heterocycles. The van der Waals surface area contributed by atoms with Crippen LogP contribution in [0, 0.1) is 5.92 Å². The van der Waals surface area contributed by atoms with Gasteiger partial charge in [0.05, 0.1) is 23.4 Å². The largest absolute Gasteiger partial charge is 0.465 e. The Morgan fingerprint density at radius 3 is 2.76 bits per heavy atom. The van der Waals surface area contributed by atoms with Gasteiger partial charge < -0.3 is 15.8 Å². The molecule has 2 unspecified atom stereocenters. The van der Waals surface area contributed by atoms with Crippen molar-refractivity contribution in [2.45, 2.75) is 19.4 Å². The number of ether oxygens (including phenoxy) is 1. The zero-order chi connectivity index (χ0) is 12.6. The Morgan fingerprint density at radius 1 is 1.59 bits per heavy atom. The number of methoxy groups -OCH3 is 1. The number of halogens is 1. The molecule has 17 heavy (non-hydrogen) atoms. The summed E-state index contributed by atoms with van der Waals surface area (Å²) in [4.78, 5) is 11.6. The number of nitrogens with two attached hydrogens (primary N) is 1. The van der Waals surface area contributed by atoms with Crippen LogP contribution >= 0.6 is 11.6 Å². The van der Waals surface area contributed by atoms with Crippen LogP contribution in [0.25, 0.3) is 0 Å². The average molecular weight is 255 g/mol. The van der Waals surface area contributed by atoms with Crippen LogP contribution in [0.1, 0.15) is 23.7 Å². The molecule has 2 rings (SSSR count). The fourth-order valence-electron chi connectivity index (χ4n) is 1.75. The van der Waals surface area contributed by atoms with Gasteiger partial charge in [0.2, 0.25) is 0 Å². The van der Waals surface area contributed by atoms with E-state index in [9.17, 15) is 4.79 Å². The minimum absolute atomic E-state index is 0.375. The molecule has 0 amide bonds. The molecule has 1 aromatic carbocycles. The lowest BCUT2D eigenvalue weighted by molar-refractivity contribution is 0.0602. The molecule has 3 N–H and O–H groups in total. The normalized spacial score (nSPS) is 22.1. The van der Waals surface area contributed by atoms with Crippen molar-refractivity contribution in [3.8, 4) is 0 Å². The summed E-state index contributed by atoms with van der Waals surface area (Å²) in [5.41, 5.74) is 7.12. The number of hydrogen-bond acceptors (Lipinski definition) is 4. The summed E-state index contributed by atoms with van der Waals surface area (Å²) in [7, 11) is 1.34. The number of hydrogen-bond donors (Lipinski definition) is 2. The van der Waals surface area contributed by atoms with E-state index in [0.717, 1.165) is 6.42 Å². The molecule has 1 aromatic rings. The van der Waals surface area contributed by atoms with E-state index in [1.54, 1.807) is 12.1 Å². The van der Waals surface area contributed by atoms with E-state index in [-0.39, 0.29) is 0 Å². The molecule has 0 radical (unpaired) electrons. The predicted octanol–water partition coefficient (Wildman–Crippen LogP) is 2.53. The summed E-state index contributed by atoms with van der Waals surface area (Å²) in [6, 6.07) is 3.58. The molecule has 5 heteroatoms. The van der Waals surface area contributed by atoms with Crippen LogP contribution in [0.2, 0.25) is 5.02 Å². The van der Waals surface area contributed by atoms with Gasteiger partial charge in [-0.25, -0.2) is 4.79 Å². The maximum Gasteiger partial charge on any atom is 0.340 e. The van der Waals surface area contributed by atoms with Crippen LogP contribution in [0.3, 0.4) is 0 Å². The van der Waals surface area contributed by atoms with Gasteiger partial charge in [-0.3, -0.25) is 0 Å². The van der Waals surface area contributed by atoms with Crippen molar-refractivity contribution in [2.24, 2.45) is 5.92 Å². The van der Waals surface area contributed by atoms with E-state index in [0.29, 0.717) is 33.9 Å². The smallest absolute Gasteiger partial charge is 0.340 e. The van der Waals surface area contributed by atoms with Crippen molar-refractivity contribution in [1.82, 2.24) is 0 Å². The molecule has 92 valence electrons. The van der Waals surface area contributed by atoms with Gasteiger partial charge in [-0.05, 0) is 24.5 Å². The zero-order valence-electron chi connectivity index (χ0n) is 9.79. The van der Waals surface area contributed by atoms with E-state index < -0.39 is 5.97 Å². The minimum Gasteiger partial charge on any atom is -0.465 e. The monoisotopic (exact) mass is 254 g/mol. The van der Waals surface area contributed by atoms with Crippen molar-refractivity contribution in [3.05, 3.63) is 22.7 Å². The van der Waals surface area contributed by atoms with Crippen molar-refractivity contribution in [1.29, 1.82) is 0 Å². The Bertz CT molecular complexity index is 462. The Hall–Kier alpha value is -1.42. The lowest BCUT2D eigenvalue weighted by atomic mass is 10.1.